The van der Waals surface area contributed by atoms with Crippen LogP contribution in [-0.2, 0) is 22.3 Å². The molecular weight excluding hydrogens is 438 g/mol. The molecule has 0 aliphatic rings. The Balaban J connectivity index is 1.53. The first kappa shape index (κ1) is 22.5. The molecule has 9 heteroatoms. The summed E-state index contributed by atoms with van der Waals surface area (Å²) in [4.78, 5) is 17.1. The van der Waals surface area contributed by atoms with Gasteiger partial charge in [-0.3, -0.25) is 4.79 Å². The molecule has 0 saturated heterocycles. The summed E-state index contributed by atoms with van der Waals surface area (Å²) in [6, 6.07) is 14.0. The Labute approximate surface area is 185 Å². The van der Waals surface area contributed by atoms with Gasteiger partial charge in [-0.25, -0.2) is 17.7 Å². The van der Waals surface area contributed by atoms with Gasteiger partial charge in [0.1, 0.15) is 4.34 Å². The molecule has 1 amide bonds. The number of thiazole rings is 1. The highest BCUT2D eigenvalue weighted by molar-refractivity contribution is 8.00. The molecule has 1 N–H and O–H groups in total. The number of thioether (sulfide) groups is 1. The van der Waals surface area contributed by atoms with Crippen LogP contribution in [0.1, 0.15) is 27.2 Å². The monoisotopic (exact) mass is 461 g/mol. The molecule has 0 bridgehead atoms. The number of hydrogen-bond acceptors (Lipinski definition) is 6. The fourth-order valence-electron chi connectivity index (χ4n) is 2.57. The molecule has 3 rings (SSSR count). The molecule has 3 aromatic rings. The zero-order valence-corrected chi connectivity index (χ0v) is 19.4. The molecule has 1 aromatic heterocycles. The number of nitrogens with zero attached hydrogens (tertiary/aromatic N) is 2. The van der Waals surface area contributed by atoms with Crippen LogP contribution in [-0.4, -0.2) is 37.7 Å². The van der Waals surface area contributed by atoms with Crippen molar-refractivity contribution in [3.05, 3.63) is 76.3 Å². The van der Waals surface area contributed by atoms with Crippen molar-refractivity contribution in [2.45, 2.75) is 28.5 Å². The van der Waals surface area contributed by atoms with E-state index in [1.165, 1.54) is 18.4 Å². The molecule has 0 spiro atoms. The van der Waals surface area contributed by atoms with Crippen molar-refractivity contribution in [1.29, 1.82) is 0 Å². The van der Waals surface area contributed by atoms with Gasteiger partial charge in [0, 0.05) is 43.0 Å². The summed E-state index contributed by atoms with van der Waals surface area (Å²) in [6.45, 7) is 2.30. The quantitative estimate of drug-likeness (QED) is 0.514. The molecule has 0 aliphatic carbocycles. The average molecular weight is 462 g/mol. The SMILES string of the molecule is Cc1csc(SCc2ccc(C(=O)NCc3ccc(S(=O)(=O)N(C)C)cc3)cc2)n1. The van der Waals surface area contributed by atoms with Crippen LogP contribution in [0.15, 0.2) is 63.1 Å². The Bertz CT molecular complexity index is 1110. The molecule has 6 nitrogen and oxygen atoms in total. The van der Waals surface area contributed by atoms with Crippen molar-refractivity contribution in [2.75, 3.05) is 14.1 Å². The Hall–Kier alpha value is -2.20. The average Bonchev–Trinajstić information content (AvgIpc) is 3.16. The van der Waals surface area contributed by atoms with E-state index in [9.17, 15) is 13.2 Å². The van der Waals surface area contributed by atoms with Crippen LogP contribution >= 0.6 is 23.1 Å². The summed E-state index contributed by atoms with van der Waals surface area (Å²) in [7, 11) is -0.465. The highest BCUT2D eigenvalue weighted by Crippen LogP contribution is 2.26. The summed E-state index contributed by atoms with van der Waals surface area (Å²) in [5.74, 6) is 0.631. The van der Waals surface area contributed by atoms with Crippen molar-refractivity contribution >= 4 is 39.0 Å². The highest BCUT2D eigenvalue weighted by Gasteiger charge is 2.16. The second-order valence-corrected chi connectivity index (χ2v) is 11.1. The molecule has 0 aliphatic heterocycles. The number of sulfonamides is 1. The van der Waals surface area contributed by atoms with Crippen LogP contribution in [0.3, 0.4) is 0 Å². The van der Waals surface area contributed by atoms with Crippen LogP contribution in [0, 0.1) is 6.92 Å². The number of rotatable bonds is 8. The third-order valence-electron chi connectivity index (χ3n) is 4.33. The summed E-state index contributed by atoms with van der Waals surface area (Å²) in [5.41, 5.74) is 3.57. The zero-order chi connectivity index (χ0) is 21.7. The molecule has 1 heterocycles. The van der Waals surface area contributed by atoms with Crippen molar-refractivity contribution in [2.24, 2.45) is 0 Å². The van der Waals surface area contributed by atoms with Crippen molar-refractivity contribution in [1.82, 2.24) is 14.6 Å². The lowest BCUT2D eigenvalue weighted by molar-refractivity contribution is 0.0951. The molecule has 0 radical (unpaired) electrons. The predicted octanol–water partition coefficient (Wildman–Crippen LogP) is 3.92. The van der Waals surface area contributed by atoms with Gasteiger partial charge in [0.25, 0.3) is 5.91 Å². The van der Waals surface area contributed by atoms with Crippen LogP contribution in [0.25, 0.3) is 0 Å². The van der Waals surface area contributed by atoms with Crippen LogP contribution in [0.5, 0.6) is 0 Å². The maximum absolute atomic E-state index is 12.4. The summed E-state index contributed by atoms with van der Waals surface area (Å²) in [5, 5.41) is 4.90. The number of carbonyl (C=O) groups excluding carboxylic acids is 1. The van der Waals surface area contributed by atoms with Gasteiger partial charge in [0.05, 0.1) is 4.90 Å². The highest BCUT2D eigenvalue weighted by atomic mass is 32.2. The smallest absolute Gasteiger partial charge is 0.251 e. The van der Waals surface area contributed by atoms with E-state index in [4.69, 9.17) is 0 Å². The lowest BCUT2D eigenvalue weighted by Crippen LogP contribution is -2.23. The number of benzene rings is 2. The van der Waals surface area contributed by atoms with Crippen LogP contribution in [0.2, 0.25) is 0 Å². The Morgan fingerprint density at radius 2 is 1.70 bits per heavy atom. The van der Waals surface area contributed by atoms with Crippen LogP contribution < -0.4 is 5.32 Å². The van der Waals surface area contributed by atoms with Gasteiger partial charge in [-0.15, -0.1) is 11.3 Å². The fourth-order valence-corrected chi connectivity index (χ4v) is 5.28. The Morgan fingerprint density at radius 3 is 2.27 bits per heavy atom. The molecule has 0 atom stereocenters. The maximum Gasteiger partial charge on any atom is 0.251 e. The van der Waals surface area contributed by atoms with Crippen LogP contribution in [0.4, 0.5) is 0 Å². The first-order valence-corrected chi connectivity index (χ1v) is 12.5. The largest absolute Gasteiger partial charge is 0.348 e. The van der Waals surface area contributed by atoms with E-state index in [1.807, 2.05) is 36.6 Å². The molecule has 2 aromatic carbocycles. The van der Waals surface area contributed by atoms with E-state index in [1.54, 1.807) is 47.4 Å². The number of amides is 1. The van der Waals surface area contributed by atoms with Crippen molar-refractivity contribution in [3.63, 3.8) is 0 Å². The van der Waals surface area contributed by atoms with Gasteiger partial charge in [-0.05, 0) is 42.3 Å². The molecule has 0 saturated carbocycles. The minimum Gasteiger partial charge on any atom is -0.348 e. The zero-order valence-electron chi connectivity index (χ0n) is 17.0. The van der Waals surface area contributed by atoms with Crippen molar-refractivity contribution < 1.29 is 13.2 Å². The minimum atomic E-state index is -3.45. The molecule has 158 valence electrons. The second-order valence-electron chi connectivity index (χ2n) is 6.85. The van der Waals surface area contributed by atoms with Gasteiger partial charge >= 0.3 is 0 Å². The first-order valence-electron chi connectivity index (χ1n) is 9.19. The number of nitrogens with one attached hydrogen (secondary N) is 1. The van der Waals surface area contributed by atoms with E-state index < -0.39 is 10.0 Å². The molecule has 0 unspecified atom stereocenters. The first-order chi connectivity index (χ1) is 14.3. The third-order valence-corrected chi connectivity index (χ3v) is 8.37. The summed E-state index contributed by atoms with van der Waals surface area (Å²) < 4.78 is 26.4. The van der Waals surface area contributed by atoms with E-state index in [2.05, 4.69) is 10.3 Å². The maximum atomic E-state index is 12.4. The number of hydrogen-bond donors (Lipinski definition) is 1. The van der Waals surface area contributed by atoms with E-state index in [0.29, 0.717) is 12.1 Å². The van der Waals surface area contributed by atoms with E-state index >= 15 is 0 Å². The van der Waals surface area contributed by atoms with Gasteiger partial charge < -0.3 is 5.32 Å². The predicted molar refractivity (Wildman–Crippen MR) is 121 cm³/mol. The van der Waals surface area contributed by atoms with Gasteiger partial charge in [-0.2, -0.15) is 0 Å². The fraction of sp³-hybridized carbons (Fsp3) is 0.238. The summed E-state index contributed by atoms with van der Waals surface area (Å²) in [6.07, 6.45) is 0. The molecular formula is C21H23N3O3S3. The van der Waals surface area contributed by atoms with Crippen molar-refractivity contribution in [3.8, 4) is 0 Å². The lowest BCUT2D eigenvalue weighted by Gasteiger charge is -2.12. The second kappa shape index (κ2) is 9.74. The lowest BCUT2D eigenvalue weighted by atomic mass is 10.1. The normalized spacial score (nSPS) is 11.6. The van der Waals surface area contributed by atoms with E-state index in [-0.39, 0.29) is 10.8 Å². The van der Waals surface area contributed by atoms with Gasteiger partial charge in [0.2, 0.25) is 10.0 Å². The number of aromatic nitrogens is 1. The van der Waals surface area contributed by atoms with Gasteiger partial charge in [-0.1, -0.05) is 36.0 Å². The topological polar surface area (TPSA) is 79.4 Å². The third kappa shape index (κ3) is 5.69. The Kier molecular flexibility index (Phi) is 7.30. The standard InChI is InChI=1S/C21H23N3O3S3/c1-15-13-28-21(23-15)29-14-17-4-8-18(9-5-17)20(25)22-12-16-6-10-19(11-7-16)30(26,27)24(2)3/h4-11,13H,12,14H2,1-3H3,(H,22,25). The number of carbonyl (C=O) groups is 1. The molecule has 30 heavy (non-hydrogen) atoms. The van der Waals surface area contributed by atoms with Gasteiger partial charge in [0.15, 0.2) is 0 Å². The van der Waals surface area contributed by atoms with E-state index in [0.717, 1.165) is 26.9 Å². The summed E-state index contributed by atoms with van der Waals surface area (Å²) >= 11 is 3.32. The minimum absolute atomic E-state index is 0.172. The Morgan fingerprint density at radius 1 is 1.07 bits per heavy atom. The number of aryl methyl sites for hydroxylation is 1. The molecule has 0 fully saturated rings.